The summed E-state index contributed by atoms with van der Waals surface area (Å²) in [4.78, 5) is 36.9. The largest absolute Gasteiger partial charge is 0.462 e. The minimum Gasteiger partial charge on any atom is -0.462 e. The Morgan fingerprint density at radius 1 is 1.17 bits per heavy atom. The molecule has 3 rings (SSSR count). The Bertz CT molecular complexity index is 893. The molecule has 6 heteroatoms. The average Bonchev–Trinajstić information content (AvgIpc) is 2.86. The SMILES string of the molecule is CCOC(=O)c1c2c(n(-c3ccccc3)c1C)C=C(Br)C(=O)C2=O. The molecule has 2 aromatic rings. The minimum absolute atomic E-state index is 0.100. The van der Waals surface area contributed by atoms with Crippen LogP contribution in [0.15, 0.2) is 34.8 Å². The zero-order valence-electron chi connectivity index (χ0n) is 13.1. The quantitative estimate of drug-likeness (QED) is 0.597. The van der Waals surface area contributed by atoms with Crippen LogP contribution in [0.4, 0.5) is 0 Å². The van der Waals surface area contributed by atoms with Crippen molar-refractivity contribution in [2.24, 2.45) is 0 Å². The standard InChI is InChI=1S/C18H14BrNO4/c1-3-24-18(23)14-10(2)20(11-7-5-4-6-8-11)13-9-12(19)16(21)17(22)15(13)14/h4-9H,3H2,1-2H3. The number of Topliss-reactive ketones (excluding diaryl/α,β-unsaturated/α-hetero) is 2. The Hall–Kier alpha value is -2.47. The van der Waals surface area contributed by atoms with Crippen LogP contribution in [0.3, 0.4) is 0 Å². The van der Waals surface area contributed by atoms with Gasteiger partial charge in [0.15, 0.2) is 0 Å². The lowest BCUT2D eigenvalue weighted by atomic mass is 9.97. The summed E-state index contributed by atoms with van der Waals surface area (Å²) in [7, 11) is 0. The normalized spacial score (nSPS) is 13.5. The fraction of sp³-hybridized carbons (Fsp3) is 0.167. The van der Waals surface area contributed by atoms with Crippen LogP contribution in [-0.2, 0) is 9.53 Å². The molecule has 1 heterocycles. The highest BCUT2D eigenvalue weighted by atomic mass is 79.9. The minimum atomic E-state index is -0.708. The number of halogens is 1. The number of benzene rings is 1. The number of fused-ring (bicyclic) bond motifs is 1. The number of esters is 1. The van der Waals surface area contributed by atoms with Crippen molar-refractivity contribution in [3.05, 3.63) is 57.3 Å². The number of hydrogen-bond acceptors (Lipinski definition) is 4. The summed E-state index contributed by atoms with van der Waals surface area (Å²) >= 11 is 3.13. The number of carbonyl (C=O) groups excluding carboxylic acids is 3. The van der Waals surface area contributed by atoms with Crippen LogP contribution in [0.25, 0.3) is 11.8 Å². The summed E-state index contributed by atoms with van der Waals surface area (Å²) in [5.41, 5.74) is 2.09. The smallest absolute Gasteiger partial charge is 0.340 e. The van der Waals surface area contributed by atoms with Gasteiger partial charge in [0.2, 0.25) is 11.6 Å². The second kappa shape index (κ2) is 6.20. The van der Waals surface area contributed by atoms with Gasteiger partial charge in [0.05, 0.1) is 27.9 Å². The molecular weight excluding hydrogens is 374 g/mol. The monoisotopic (exact) mass is 387 g/mol. The molecule has 0 radical (unpaired) electrons. The number of carbonyl (C=O) groups is 3. The summed E-state index contributed by atoms with van der Waals surface area (Å²) in [5, 5.41) is 0. The molecule has 1 aliphatic carbocycles. The molecule has 0 saturated heterocycles. The van der Waals surface area contributed by atoms with E-state index >= 15 is 0 Å². The molecule has 0 bridgehead atoms. The topological polar surface area (TPSA) is 65.4 Å². The molecule has 0 spiro atoms. The Labute approximate surface area is 147 Å². The van der Waals surface area contributed by atoms with Crippen molar-refractivity contribution in [2.75, 3.05) is 6.61 Å². The molecule has 5 nitrogen and oxygen atoms in total. The second-order valence-electron chi connectivity index (χ2n) is 5.26. The number of aromatic nitrogens is 1. The van der Waals surface area contributed by atoms with E-state index in [2.05, 4.69) is 15.9 Å². The first-order valence-electron chi connectivity index (χ1n) is 7.41. The number of rotatable bonds is 3. The van der Waals surface area contributed by atoms with Gasteiger partial charge in [-0.25, -0.2) is 4.79 Å². The maximum atomic E-state index is 12.5. The molecule has 122 valence electrons. The van der Waals surface area contributed by atoms with E-state index in [1.54, 1.807) is 24.5 Å². The lowest BCUT2D eigenvalue weighted by Crippen LogP contribution is -2.21. The Kier molecular flexibility index (Phi) is 4.24. The fourth-order valence-corrected chi connectivity index (χ4v) is 3.25. The third-order valence-electron chi connectivity index (χ3n) is 3.85. The predicted molar refractivity (Wildman–Crippen MR) is 92.7 cm³/mol. The summed E-state index contributed by atoms with van der Waals surface area (Å²) in [6.45, 7) is 3.61. The zero-order valence-corrected chi connectivity index (χ0v) is 14.7. The first-order chi connectivity index (χ1) is 11.5. The van der Waals surface area contributed by atoms with E-state index in [-0.39, 0.29) is 22.2 Å². The van der Waals surface area contributed by atoms with Gasteiger partial charge in [-0.05, 0) is 48.0 Å². The van der Waals surface area contributed by atoms with Crippen molar-refractivity contribution in [3.63, 3.8) is 0 Å². The van der Waals surface area contributed by atoms with Gasteiger partial charge in [0, 0.05) is 11.4 Å². The summed E-state index contributed by atoms with van der Waals surface area (Å²) in [6.07, 6.45) is 1.57. The first-order valence-corrected chi connectivity index (χ1v) is 8.20. The van der Waals surface area contributed by atoms with Gasteiger partial charge in [-0.15, -0.1) is 0 Å². The number of para-hydroxylation sites is 1. The molecule has 0 aliphatic heterocycles. The van der Waals surface area contributed by atoms with Crippen LogP contribution in [0.2, 0.25) is 0 Å². The van der Waals surface area contributed by atoms with Crippen LogP contribution < -0.4 is 0 Å². The number of allylic oxidation sites excluding steroid dienone is 1. The summed E-state index contributed by atoms with van der Waals surface area (Å²) in [5.74, 6) is -1.98. The van der Waals surface area contributed by atoms with E-state index in [1.807, 2.05) is 30.3 Å². The van der Waals surface area contributed by atoms with Gasteiger partial charge in [-0.2, -0.15) is 0 Å². The summed E-state index contributed by atoms with van der Waals surface area (Å²) < 4.78 is 7.04. The fourth-order valence-electron chi connectivity index (χ4n) is 2.85. The van der Waals surface area contributed by atoms with Crippen molar-refractivity contribution in [2.45, 2.75) is 13.8 Å². The first kappa shape index (κ1) is 16.4. The van der Waals surface area contributed by atoms with Crippen molar-refractivity contribution in [3.8, 4) is 5.69 Å². The lowest BCUT2D eigenvalue weighted by Gasteiger charge is -2.12. The van der Waals surface area contributed by atoms with Gasteiger partial charge in [0.1, 0.15) is 0 Å². The highest BCUT2D eigenvalue weighted by molar-refractivity contribution is 9.12. The van der Waals surface area contributed by atoms with E-state index in [0.717, 1.165) is 5.69 Å². The number of nitrogens with zero attached hydrogens (tertiary/aromatic N) is 1. The molecule has 1 aromatic heterocycles. The van der Waals surface area contributed by atoms with Gasteiger partial charge in [0.25, 0.3) is 0 Å². The predicted octanol–water partition coefficient (Wildman–Crippen LogP) is 3.46. The van der Waals surface area contributed by atoms with Crippen LogP contribution in [0, 0.1) is 6.92 Å². The average molecular weight is 388 g/mol. The van der Waals surface area contributed by atoms with E-state index < -0.39 is 17.5 Å². The molecule has 1 aliphatic rings. The van der Waals surface area contributed by atoms with E-state index in [9.17, 15) is 14.4 Å². The number of hydrogen-bond donors (Lipinski definition) is 0. The third-order valence-corrected chi connectivity index (χ3v) is 4.44. The van der Waals surface area contributed by atoms with Gasteiger partial charge < -0.3 is 9.30 Å². The van der Waals surface area contributed by atoms with Crippen molar-refractivity contribution in [1.82, 2.24) is 4.57 Å². The van der Waals surface area contributed by atoms with Crippen LogP contribution in [-0.4, -0.2) is 28.7 Å². The lowest BCUT2D eigenvalue weighted by molar-refractivity contribution is -0.111. The maximum Gasteiger partial charge on any atom is 0.340 e. The van der Waals surface area contributed by atoms with E-state index in [1.165, 1.54) is 0 Å². The maximum absolute atomic E-state index is 12.5. The molecule has 0 N–H and O–H groups in total. The van der Waals surface area contributed by atoms with E-state index in [0.29, 0.717) is 11.4 Å². The highest BCUT2D eigenvalue weighted by Crippen LogP contribution is 2.34. The van der Waals surface area contributed by atoms with Gasteiger partial charge in [-0.3, -0.25) is 9.59 Å². The molecular formula is C18H14BrNO4. The third kappa shape index (κ3) is 2.43. The molecule has 24 heavy (non-hydrogen) atoms. The van der Waals surface area contributed by atoms with Crippen molar-refractivity contribution >= 4 is 39.5 Å². The van der Waals surface area contributed by atoms with Gasteiger partial charge in [-0.1, -0.05) is 18.2 Å². The van der Waals surface area contributed by atoms with Crippen molar-refractivity contribution < 1.29 is 19.1 Å². The molecule has 1 aromatic carbocycles. The Balaban J connectivity index is 2.36. The second-order valence-corrected chi connectivity index (χ2v) is 6.12. The Morgan fingerprint density at radius 2 is 1.83 bits per heavy atom. The Morgan fingerprint density at radius 3 is 2.46 bits per heavy atom. The van der Waals surface area contributed by atoms with Crippen LogP contribution >= 0.6 is 15.9 Å². The van der Waals surface area contributed by atoms with Crippen LogP contribution in [0.5, 0.6) is 0 Å². The molecule has 0 saturated carbocycles. The number of ether oxygens (including phenoxy) is 1. The summed E-state index contributed by atoms with van der Waals surface area (Å²) in [6, 6.07) is 9.33. The zero-order chi connectivity index (χ0) is 17.4. The molecule has 0 unspecified atom stereocenters. The molecule has 0 fully saturated rings. The molecule has 0 amide bonds. The van der Waals surface area contributed by atoms with Gasteiger partial charge >= 0.3 is 5.97 Å². The molecule has 0 atom stereocenters. The van der Waals surface area contributed by atoms with E-state index in [4.69, 9.17) is 4.74 Å². The highest BCUT2D eigenvalue weighted by Gasteiger charge is 2.36. The van der Waals surface area contributed by atoms with Crippen LogP contribution in [0.1, 0.15) is 39.0 Å². The van der Waals surface area contributed by atoms with Crippen molar-refractivity contribution in [1.29, 1.82) is 0 Å². The number of ketones is 2.